The number of aromatic amines is 1. The molecule has 86 valence electrons. The highest BCUT2D eigenvalue weighted by molar-refractivity contribution is 5.86. The molecule has 0 aliphatic carbocycles. The Morgan fingerprint density at radius 3 is 2.94 bits per heavy atom. The third-order valence-corrected chi connectivity index (χ3v) is 2.97. The maximum atomic E-state index is 9.99. The first-order valence-corrected chi connectivity index (χ1v) is 5.69. The molecule has 0 amide bonds. The van der Waals surface area contributed by atoms with Crippen LogP contribution in [0.5, 0.6) is 0 Å². The van der Waals surface area contributed by atoms with Crippen molar-refractivity contribution in [2.75, 3.05) is 13.6 Å². The molecule has 16 heavy (non-hydrogen) atoms. The van der Waals surface area contributed by atoms with E-state index in [1.54, 1.807) is 0 Å². The van der Waals surface area contributed by atoms with Gasteiger partial charge in [0.25, 0.3) is 0 Å². The van der Waals surface area contributed by atoms with E-state index in [-0.39, 0.29) is 0 Å². The monoisotopic (exact) mass is 218 g/mol. The van der Waals surface area contributed by atoms with E-state index in [0.29, 0.717) is 6.54 Å². The topological polar surface area (TPSA) is 48.0 Å². The van der Waals surface area contributed by atoms with Gasteiger partial charge in [-0.15, -0.1) is 0 Å². The lowest BCUT2D eigenvalue weighted by atomic mass is 10.0. The summed E-state index contributed by atoms with van der Waals surface area (Å²) in [5, 5.41) is 14.1. The summed E-state index contributed by atoms with van der Waals surface area (Å²) < 4.78 is 0. The second kappa shape index (κ2) is 4.68. The molecule has 0 bridgehead atoms. The Balaban J connectivity index is 2.48. The van der Waals surface area contributed by atoms with Crippen molar-refractivity contribution >= 4 is 10.9 Å². The van der Waals surface area contributed by atoms with E-state index in [1.165, 1.54) is 5.56 Å². The zero-order chi connectivity index (χ0) is 11.5. The highest BCUT2D eigenvalue weighted by Gasteiger charge is 2.13. The third kappa shape index (κ3) is 1.84. The van der Waals surface area contributed by atoms with Crippen LogP contribution >= 0.6 is 0 Å². The number of aromatic nitrogens is 1. The molecule has 0 saturated heterocycles. The van der Waals surface area contributed by atoms with E-state index in [0.717, 1.165) is 22.9 Å². The molecule has 1 unspecified atom stereocenters. The lowest BCUT2D eigenvalue weighted by Gasteiger charge is -2.08. The van der Waals surface area contributed by atoms with Crippen LogP contribution in [0.25, 0.3) is 10.9 Å². The smallest absolute Gasteiger partial charge is 0.0934 e. The van der Waals surface area contributed by atoms with E-state index < -0.39 is 6.10 Å². The van der Waals surface area contributed by atoms with E-state index in [1.807, 2.05) is 19.3 Å². The van der Waals surface area contributed by atoms with Gasteiger partial charge in [-0.1, -0.05) is 25.1 Å². The summed E-state index contributed by atoms with van der Waals surface area (Å²) in [4.78, 5) is 3.26. The first-order chi connectivity index (χ1) is 7.77. The zero-order valence-electron chi connectivity index (χ0n) is 9.75. The maximum absolute atomic E-state index is 9.99. The minimum atomic E-state index is -0.453. The Kier molecular flexibility index (Phi) is 3.27. The lowest BCUT2D eigenvalue weighted by Crippen LogP contribution is -2.16. The van der Waals surface area contributed by atoms with Crippen molar-refractivity contribution in [2.24, 2.45) is 0 Å². The fraction of sp³-hybridized carbons (Fsp3) is 0.385. The summed E-state index contributed by atoms with van der Waals surface area (Å²) in [6.07, 6.45) is 2.46. The SMILES string of the molecule is CCc1cccc2c(C(O)CNC)c[nH]c12. The van der Waals surface area contributed by atoms with Crippen molar-refractivity contribution < 1.29 is 5.11 Å². The molecule has 0 aliphatic rings. The van der Waals surface area contributed by atoms with Gasteiger partial charge in [0.1, 0.15) is 0 Å². The fourth-order valence-corrected chi connectivity index (χ4v) is 2.11. The van der Waals surface area contributed by atoms with Crippen LogP contribution in [0.4, 0.5) is 0 Å². The zero-order valence-corrected chi connectivity index (χ0v) is 9.75. The highest BCUT2D eigenvalue weighted by atomic mass is 16.3. The number of hydrogen-bond donors (Lipinski definition) is 3. The van der Waals surface area contributed by atoms with Gasteiger partial charge in [-0.05, 0) is 19.0 Å². The van der Waals surface area contributed by atoms with Gasteiger partial charge < -0.3 is 15.4 Å². The van der Waals surface area contributed by atoms with Gasteiger partial charge in [0, 0.05) is 29.2 Å². The molecular weight excluding hydrogens is 200 g/mol. The second-order valence-electron chi connectivity index (χ2n) is 4.01. The second-order valence-corrected chi connectivity index (χ2v) is 4.01. The summed E-state index contributed by atoms with van der Waals surface area (Å²) in [6, 6.07) is 6.22. The number of benzene rings is 1. The number of likely N-dealkylation sites (N-methyl/N-ethyl adjacent to an activating group) is 1. The molecule has 1 aromatic heterocycles. The van der Waals surface area contributed by atoms with E-state index in [9.17, 15) is 5.11 Å². The first-order valence-electron chi connectivity index (χ1n) is 5.69. The Morgan fingerprint density at radius 1 is 1.44 bits per heavy atom. The number of para-hydroxylation sites is 1. The van der Waals surface area contributed by atoms with Gasteiger partial charge in [-0.3, -0.25) is 0 Å². The first kappa shape index (κ1) is 11.2. The molecule has 1 heterocycles. The molecule has 0 aliphatic heterocycles. The minimum Gasteiger partial charge on any atom is -0.387 e. The normalized spacial score (nSPS) is 13.2. The predicted octanol–water partition coefficient (Wildman–Crippen LogP) is 1.98. The number of aliphatic hydroxyl groups excluding tert-OH is 1. The molecule has 3 heteroatoms. The number of rotatable bonds is 4. The molecule has 0 radical (unpaired) electrons. The molecule has 1 atom stereocenters. The van der Waals surface area contributed by atoms with Crippen LogP contribution in [-0.4, -0.2) is 23.7 Å². The average molecular weight is 218 g/mol. The molecule has 0 fully saturated rings. The van der Waals surface area contributed by atoms with E-state index in [2.05, 4.69) is 29.4 Å². The van der Waals surface area contributed by atoms with Crippen molar-refractivity contribution in [3.8, 4) is 0 Å². The van der Waals surface area contributed by atoms with Gasteiger partial charge in [-0.2, -0.15) is 0 Å². The van der Waals surface area contributed by atoms with Crippen molar-refractivity contribution in [1.82, 2.24) is 10.3 Å². The predicted molar refractivity (Wildman–Crippen MR) is 66.6 cm³/mol. The maximum Gasteiger partial charge on any atom is 0.0934 e. The van der Waals surface area contributed by atoms with Crippen LogP contribution in [0, 0.1) is 0 Å². The summed E-state index contributed by atoms with van der Waals surface area (Å²) in [6.45, 7) is 2.71. The molecule has 0 saturated carbocycles. The highest BCUT2D eigenvalue weighted by Crippen LogP contribution is 2.26. The van der Waals surface area contributed by atoms with E-state index in [4.69, 9.17) is 0 Å². The van der Waals surface area contributed by atoms with Gasteiger partial charge in [0.2, 0.25) is 0 Å². The molecule has 0 spiro atoms. The standard InChI is InChI=1S/C13H18N2O/c1-3-9-5-4-6-10-11(7-15-13(9)10)12(16)8-14-2/h4-7,12,14-16H,3,8H2,1-2H3. The van der Waals surface area contributed by atoms with Crippen LogP contribution in [0.15, 0.2) is 24.4 Å². The van der Waals surface area contributed by atoms with Crippen LogP contribution in [0.1, 0.15) is 24.2 Å². The van der Waals surface area contributed by atoms with Crippen LogP contribution in [-0.2, 0) is 6.42 Å². The van der Waals surface area contributed by atoms with Gasteiger partial charge in [0.15, 0.2) is 0 Å². The average Bonchev–Trinajstić information content (AvgIpc) is 2.72. The van der Waals surface area contributed by atoms with Gasteiger partial charge in [-0.25, -0.2) is 0 Å². The third-order valence-electron chi connectivity index (χ3n) is 2.97. The van der Waals surface area contributed by atoms with Crippen LogP contribution in [0.3, 0.4) is 0 Å². The van der Waals surface area contributed by atoms with Gasteiger partial charge in [0.05, 0.1) is 6.10 Å². The Morgan fingerprint density at radius 2 is 2.25 bits per heavy atom. The largest absolute Gasteiger partial charge is 0.387 e. The quantitative estimate of drug-likeness (QED) is 0.735. The summed E-state index contributed by atoms with van der Waals surface area (Å²) >= 11 is 0. The van der Waals surface area contributed by atoms with Crippen molar-refractivity contribution in [1.29, 1.82) is 0 Å². The Labute approximate surface area is 95.5 Å². The Hall–Kier alpha value is -1.32. The molecule has 1 aromatic carbocycles. The molecule has 2 rings (SSSR count). The number of aliphatic hydroxyl groups is 1. The number of nitrogens with one attached hydrogen (secondary N) is 2. The van der Waals surface area contributed by atoms with Gasteiger partial charge >= 0.3 is 0 Å². The van der Waals surface area contributed by atoms with Crippen LogP contribution in [0.2, 0.25) is 0 Å². The molecular formula is C13H18N2O. The lowest BCUT2D eigenvalue weighted by molar-refractivity contribution is 0.179. The minimum absolute atomic E-state index is 0.453. The molecule has 3 N–H and O–H groups in total. The molecule has 2 aromatic rings. The van der Waals surface area contributed by atoms with Crippen LogP contribution < -0.4 is 5.32 Å². The summed E-state index contributed by atoms with van der Waals surface area (Å²) in [5.74, 6) is 0. The number of aryl methyl sites for hydroxylation is 1. The summed E-state index contributed by atoms with van der Waals surface area (Å²) in [7, 11) is 1.84. The number of H-pyrrole nitrogens is 1. The fourth-order valence-electron chi connectivity index (χ4n) is 2.11. The Bertz CT molecular complexity index is 476. The van der Waals surface area contributed by atoms with E-state index >= 15 is 0 Å². The summed E-state index contributed by atoms with van der Waals surface area (Å²) in [5.41, 5.74) is 3.41. The number of fused-ring (bicyclic) bond motifs is 1. The van der Waals surface area contributed by atoms with Crippen molar-refractivity contribution in [3.05, 3.63) is 35.5 Å². The van der Waals surface area contributed by atoms with Crippen molar-refractivity contribution in [2.45, 2.75) is 19.4 Å². The molecule has 3 nitrogen and oxygen atoms in total. The number of hydrogen-bond acceptors (Lipinski definition) is 2. The van der Waals surface area contributed by atoms with Crippen molar-refractivity contribution in [3.63, 3.8) is 0 Å².